The zero-order valence-electron chi connectivity index (χ0n) is 53.8. The molecule has 0 bridgehead atoms. The predicted molar refractivity (Wildman–Crippen MR) is 350 cm³/mol. The fourth-order valence-electron chi connectivity index (χ4n) is 10.4. The highest BCUT2D eigenvalue weighted by molar-refractivity contribution is 7.47. The average molecular weight is 1140 g/mol. The summed E-state index contributed by atoms with van der Waals surface area (Å²) in [5.74, 6) is -0.141. The highest BCUT2D eigenvalue weighted by Gasteiger charge is 2.28. The maximum Gasteiger partial charge on any atom is 0.472 e. The first-order chi connectivity index (χ1) is 39.0. The van der Waals surface area contributed by atoms with Gasteiger partial charge in [0.2, 0.25) is 5.91 Å². The average Bonchev–Trinajstić information content (AvgIpc) is 3.42. The minimum Gasteiger partial charge on any atom is -0.391 e. The van der Waals surface area contributed by atoms with E-state index in [1.165, 1.54) is 238 Å². The summed E-state index contributed by atoms with van der Waals surface area (Å²) in [7, 11) is 1.63. The molecule has 1 amide bonds. The Morgan fingerprint density at radius 3 is 1.10 bits per heavy atom. The fraction of sp³-hybridized carbons (Fsp3) is 0.845. The second-order valence-corrected chi connectivity index (χ2v) is 26.3. The van der Waals surface area contributed by atoms with E-state index in [1.807, 2.05) is 21.1 Å². The van der Waals surface area contributed by atoms with Gasteiger partial charge in [-0.3, -0.25) is 13.8 Å². The van der Waals surface area contributed by atoms with E-state index in [4.69, 9.17) is 9.05 Å². The van der Waals surface area contributed by atoms with Gasteiger partial charge in [-0.1, -0.05) is 331 Å². The van der Waals surface area contributed by atoms with Gasteiger partial charge in [0, 0.05) is 6.42 Å². The number of allylic oxidation sites excluding steroid dienone is 10. The molecule has 0 heterocycles. The highest BCUT2D eigenvalue weighted by Crippen LogP contribution is 2.43. The lowest BCUT2D eigenvalue weighted by molar-refractivity contribution is -0.870. The monoisotopic (exact) mass is 1140 g/mol. The van der Waals surface area contributed by atoms with Gasteiger partial charge in [0.05, 0.1) is 39.9 Å². The summed E-state index contributed by atoms with van der Waals surface area (Å²) in [6.45, 7) is 4.82. The maximum atomic E-state index is 13.1. The van der Waals surface area contributed by atoms with Crippen molar-refractivity contribution in [2.24, 2.45) is 0 Å². The number of rotatable bonds is 64. The quantitative estimate of drug-likeness (QED) is 0.0243. The first-order valence-corrected chi connectivity index (χ1v) is 36.1. The second kappa shape index (κ2) is 61.8. The van der Waals surface area contributed by atoms with Crippen molar-refractivity contribution in [3.63, 3.8) is 0 Å². The van der Waals surface area contributed by atoms with Crippen molar-refractivity contribution in [2.45, 2.75) is 347 Å². The van der Waals surface area contributed by atoms with Crippen molar-refractivity contribution >= 4 is 13.7 Å². The number of carbonyl (C=O) groups is 1. The van der Waals surface area contributed by atoms with Gasteiger partial charge in [0.15, 0.2) is 0 Å². The van der Waals surface area contributed by atoms with Crippen molar-refractivity contribution in [2.75, 3.05) is 40.9 Å². The first kappa shape index (κ1) is 78.2. The van der Waals surface area contributed by atoms with Crippen LogP contribution in [0.2, 0.25) is 0 Å². The summed E-state index contributed by atoms with van der Waals surface area (Å²) >= 11 is 0. The van der Waals surface area contributed by atoms with Gasteiger partial charge < -0.3 is 19.8 Å². The SMILES string of the molecule is CC/C=C\C/C=C\C/C=C\C/C=C\C/C=C\CCCCCCCCCCCCCCCCCC(=O)NC(COP(=O)(O)OCC[N+](C)(C)C)C(O)CCCCCCCCCCCCCCCCCCCCCCCCCCCCC. The predicted octanol–water partition coefficient (Wildman–Crippen LogP) is 22.0. The molecular formula is C71H136N2O6P+. The van der Waals surface area contributed by atoms with Crippen LogP contribution in [0.15, 0.2) is 60.8 Å². The first-order valence-electron chi connectivity index (χ1n) is 34.7. The lowest BCUT2D eigenvalue weighted by Gasteiger charge is -2.26. The molecule has 0 saturated heterocycles. The fourth-order valence-corrected chi connectivity index (χ4v) is 11.2. The van der Waals surface area contributed by atoms with E-state index in [1.54, 1.807) is 0 Å². The molecule has 0 aliphatic rings. The van der Waals surface area contributed by atoms with Gasteiger partial charge in [-0.2, -0.15) is 0 Å². The van der Waals surface area contributed by atoms with Crippen molar-refractivity contribution in [3.8, 4) is 0 Å². The van der Waals surface area contributed by atoms with Gasteiger partial charge in [-0.25, -0.2) is 4.57 Å². The van der Waals surface area contributed by atoms with Crippen LogP contribution in [0, 0.1) is 0 Å². The number of likely N-dealkylation sites (N-methyl/N-ethyl adjacent to an activating group) is 1. The van der Waals surface area contributed by atoms with Crippen molar-refractivity contribution < 1.29 is 32.9 Å². The van der Waals surface area contributed by atoms with Crippen LogP contribution in [-0.4, -0.2) is 73.4 Å². The summed E-state index contributed by atoms with van der Waals surface area (Å²) in [4.78, 5) is 23.5. The number of carbonyl (C=O) groups excluding carboxylic acids is 1. The number of aliphatic hydroxyl groups excluding tert-OH is 1. The number of nitrogens with zero attached hydrogens (tertiary/aromatic N) is 1. The molecule has 0 radical (unpaired) electrons. The normalized spacial score (nSPS) is 14.0. The lowest BCUT2D eigenvalue weighted by Crippen LogP contribution is -2.46. The van der Waals surface area contributed by atoms with Crippen molar-refractivity contribution in [1.82, 2.24) is 5.32 Å². The summed E-state index contributed by atoms with van der Waals surface area (Å²) in [5.41, 5.74) is 0. The van der Waals surface area contributed by atoms with Gasteiger partial charge in [0.1, 0.15) is 13.2 Å². The van der Waals surface area contributed by atoms with Crippen LogP contribution in [-0.2, 0) is 18.4 Å². The Balaban J connectivity index is 4.04. The molecule has 0 rings (SSSR count). The third-order valence-corrected chi connectivity index (χ3v) is 16.8. The van der Waals surface area contributed by atoms with E-state index >= 15 is 0 Å². The van der Waals surface area contributed by atoms with E-state index in [9.17, 15) is 19.4 Å². The molecule has 470 valence electrons. The van der Waals surface area contributed by atoms with E-state index < -0.39 is 20.0 Å². The van der Waals surface area contributed by atoms with Crippen LogP contribution < -0.4 is 5.32 Å². The van der Waals surface area contributed by atoms with E-state index in [0.717, 1.165) is 70.6 Å². The molecule has 0 fully saturated rings. The number of aliphatic hydroxyl groups is 1. The Hall–Kier alpha value is -1.80. The molecule has 9 heteroatoms. The summed E-state index contributed by atoms with van der Waals surface area (Å²) in [6, 6.07) is -0.764. The lowest BCUT2D eigenvalue weighted by atomic mass is 10.0. The number of phosphoric ester groups is 1. The third-order valence-electron chi connectivity index (χ3n) is 15.8. The minimum absolute atomic E-state index is 0.0745. The number of unbranched alkanes of at least 4 members (excludes halogenated alkanes) is 41. The van der Waals surface area contributed by atoms with E-state index in [2.05, 4.69) is 79.9 Å². The summed E-state index contributed by atoms with van der Waals surface area (Å²) in [5, 5.41) is 14.2. The number of hydrogen-bond donors (Lipinski definition) is 3. The number of phosphoric acid groups is 1. The summed E-state index contributed by atoms with van der Waals surface area (Å²) < 4.78 is 23.9. The molecule has 0 spiro atoms. The van der Waals surface area contributed by atoms with Crippen LogP contribution in [0.3, 0.4) is 0 Å². The maximum absolute atomic E-state index is 13.1. The van der Waals surface area contributed by atoms with Crippen LogP contribution >= 0.6 is 7.82 Å². The molecule has 80 heavy (non-hydrogen) atoms. The highest BCUT2D eigenvalue weighted by atomic mass is 31.2. The largest absolute Gasteiger partial charge is 0.472 e. The smallest absolute Gasteiger partial charge is 0.391 e. The summed E-state index contributed by atoms with van der Waals surface area (Å²) in [6.07, 6.45) is 84.6. The van der Waals surface area contributed by atoms with E-state index in [-0.39, 0.29) is 19.1 Å². The molecule has 0 saturated carbocycles. The Morgan fingerprint density at radius 2 is 0.750 bits per heavy atom. The van der Waals surface area contributed by atoms with Crippen LogP contribution in [0.1, 0.15) is 335 Å². The standard InChI is InChI=1S/C71H135N2O6P/c1-6-8-10-12-14-16-18-20-22-24-26-28-30-32-34-35-36-37-39-41-43-45-47-49-51-53-55-57-59-61-63-65-71(75)72-69(68-79-80(76,77)78-67-66-73(3,4)5)70(74)64-62-60-58-56-54-52-50-48-46-44-42-40-38-33-31-29-27-25-23-21-19-17-15-13-11-9-7-2/h8,10,14,16,20,22,26,28,32,34,69-70,74H,6-7,9,11-13,15,17-19,21,23-25,27,29-31,33,35-68H2,1-5H3,(H-,72,75,76,77)/p+1/b10-8-,16-14-,22-20-,28-26-,34-32-. The number of quaternary nitrogens is 1. The molecule has 3 N–H and O–H groups in total. The van der Waals surface area contributed by atoms with Crippen molar-refractivity contribution in [1.29, 1.82) is 0 Å². The van der Waals surface area contributed by atoms with Gasteiger partial charge in [0.25, 0.3) is 0 Å². The number of nitrogens with one attached hydrogen (secondary N) is 1. The molecule has 3 unspecified atom stereocenters. The Kier molecular flexibility index (Phi) is 60.4. The molecule has 0 aliphatic carbocycles. The van der Waals surface area contributed by atoms with Gasteiger partial charge in [-0.15, -0.1) is 0 Å². The molecule has 0 aromatic rings. The molecule has 0 aromatic heterocycles. The number of hydrogen-bond acceptors (Lipinski definition) is 5. The van der Waals surface area contributed by atoms with Crippen molar-refractivity contribution in [3.05, 3.63) is 60.8 Å². The van der Waals surface area contributed by atoms with Crippen LogP contribution in [0.5, 0.6) is 0 Å². The molecule has 0 aliphatic heterocycles. The number of amides is 1. The second-order valence-electron chi connectivity index (χ2n) is 24.9. The zero-order valence-corrected chi connectivity index (χ0v) is 54.7. The Bertz CT molecular complexity index is 1490. The Labute approximate surface area is 498 Å². The van der Waals surface area contributed by atoms with Gasteiger partial charge >= 0.3 is 7.82 Å². The molecule has 0 aromatic carbocycles. The Morgan fingerprint density at radius 1 is 0.438 bits per heavy atom. The van der Waals surface area contributed by atoms with E-state index in [0.29, 0.717) is 23.9 Å². The van der Waals surface area contributed by atoms with Crippen LogP contribution in [0.4, 0.5) is 0 Å². The molecular weight excluding hydrogens is 1010 g/mol. The zero-order chi connectivity index (χ0) is 58.4. The van der Waals surface area contributed by atoms with Crippen LogP contribution in [0.25, 0.3) is 0 Å². The topological polar surface area (TPSA) is 105 Å². The molecule has 8 nitrogen and oxygen atoms in total. The van der Waals surface area contributed by atoms with Gasteiger partial charge in [-0.05, 0) is 57.8 Å². The minimum atomic E-state index is -4.33. The molecule has 3 atom stereocenters. The third kappa shape index (κ3) is 63.8.